The van der Waals surface area contributed by atoms with Gasteiger partial charge in [0.1, 0.15) is 4.90 Å². The van der Waals surface area contributed by atoms with Gasteiger partial charge >= 0.3 is 0 Å². The largest absolute Gasteiger partial charge is 0.329 e. The Hall–Kier alpha value is -1.47. The first-order valence-electron chi connectivity index (χ1n) is 5.40. The molecule has 0 heterocycles. The summed E-state index contributed by atoms with van der Waals surface area (Å²) in [6, 6.07) is 9.60. The van der Waals surface area contributed by atoms with Crippen molar-refractivity contribution in [2.75, 3.05) is 6.54 Å². The lowest BCUT2D eigenvalue weighted by molar-refractivity contribution is 0.482. The van der Waals surface area contributed by atoms with Crippen LogP contribution in [-0.4, -0.2) is 19.5 Å². The van der Waals surface area contributed by atoms with Gasteiger partial charge in [0, 0.05) is 18.0 Å². The van der Waals surface area contributed by atoms with Crippen molar-refractivity contribution >= 4 is 20.9 Å². The molecule has 2 aromatic carbocycles. The number of hydrogen-bond acceptors (Lipinski definition) is 4. The molecule has 0 amide bonds. The number of fused-ring (bicyclic) bond motifs is 1. The minimum atomic E-state index is -4.35. The summed E-state index contributed by atoms with van der Waals surface area (Å²) in [5.41, 5.74) is 11.6. The summed E-state index contributed by atoms with van der Waals surface area (Å²) in [4.78, 5) is -0.154. The van der Waals surface area contributed by atoms with E-state index in [1.807, 2.05) is 0 Å². The molecule has 0 saturated heterocycles. The molecule has 5 nitrogen and oxygen atoms in total. The Morgan fingerprint density at radius 2 is 1.83 bits per heavy atom. The number of rotatable bonds is 3. The molecule has 0 radical (unpaired) electrons. The van der Waals surface area contributed by atoms with Crippen LogP contribution >= 0.6 is 0 Å². The highest BCUT2D eigenvalue weighted by molar-refractivity contribution is 7.86. The van der Waals surface area contributed by atoms with E-state index in [1.165, 1.54) is 0 Å². The van der Waals surface area contributed by atoms with Crippen LogP contribution < -0.4 is 11.5 Å². The highest BCUT2D eigenvalue weighted by Gasteiger charge is 2.22. The summed E-state index contributed by atoms with van der Waals surface area (Å²) in [7, 11) is -4.35. The number of benzene rings is 2. The van der Waals surface area contributed by atoms with Crippen LogP contribution in [0.1, 0.15) is 11.6 Å². The van der Waals surface area contributed by atoms with Crippen LogP contribution in [0.4, 0.5) is 0 Å². The molecule has 0 aliphatic rings. The smallest absolute Gasteiger partial charge is 0.295 e. The molecule has 5 N–H and O–H groups in total. The van der Waals surface area contributed by atoms with E-state index < -0.39 is 16.2 Å². The molecule has 1 unspecified atom stereocenters. The lowest BCUT2D eigenvalue weighted by atomic mass is 10.0. The maximum Gasteiger partial charge on any atom is 0.295 e. The summed E-state index contributed by atoms with van der Waals surface area (Å²) in [6.07, 6.45) is 0. The zero-order chi connectivity index (χ0) is 13.3. The van der Waals surface area contributed by atoms with Crippen molar-refractivity contribution in [3.8, 4) is 0 Å². The minimum absolute atomic E-state index is 0.0981. The molecule has 2 aromatic rings. The third kappa shape index (κ3) is 2.23. The molecule has 0 saturated carbocycles. The van der Waals surface area contributed by atoms with Crippen LogP contribution in [-0.2, 0) is 10.1 Å². The van der Waals surface area contributed by atoms with Crippen LogP contribution in [0.15, 0.2) is 41.3 Å². The molecule has 6 heteroatoms. The average molecular weight is 266 g/mol. The van der Waals surface area contributed by atoms with Crippen LogP contribution in [0.3, 0.4) is 0 Å². The van der Waals surface area contributed by atoms with Gasteiger partial charge < -0.3 is 11.5 Å². The first-order valence-corrected chi connectivity index (χ1v) is 6.84. The van der Waals surface area contributed by atoms with Crippen molar-refractivity contribution in [2.24, 2.45) is 11.5 Å². The molecule has 18 heavy (non-hydrogen) atoms. The molecular weight excluding hydrogens is 252 g/mol. The van der Waals surface area contributed by atoms with Gasteiger partial charge in [-0.25, -0.2) is 0 Å². The summed E-state index contributed by atoms with van der Waals surface area (Å²) in [6.45, 7) is 0.0981. The molecule has 0 aromatic heterocycles. The van der Waals surface area contributed by atoms with E-state index in [2.05, 4.69) is 0 Å². The van der Waals surface area contributed by atoms with Crippen molar-refractivity contribution in [3.63, 3.8) is 0 Å². The molecule has 0 bridgehead atoms. The second kappa shape index (κ2) is 4.66. The highest BCUT2D eigenvalue weighted by atomic mass is 32.2. The Bertz CT molecular complexity index is 683. The fourth-order valence-electron chi connectivity index (χ4n) is 1.97. The Morgan fingerprint density at radius 3 is 2.44 bits per heavy atom. The van der Waals surface area contributed by atoms with Gasteiger partial charge in [0.25, 0.3) is 10.1 Å². The third-order valence-corrected chi connectivity index (χ3v) is 3.79. The number of hydrogen-bond donors (Lipinski definition) is 3. The Labute approximate surface area is 105 Å². The Kier molecular flexibility index (Phi) is 3.36. The van der Waals surface area contributed by atoms with Crippen molar-refractivity contribution in [2.45, 2.75) is 10.9 Å². The van der Waals surface area contributed by atoms with Gasteiger partial charge in [-0.2, -0.15) is 8.42 Å². The van der Waals surface area contributed by atoms with Crippen molar-refractivity contribution in [1.82, 2.24) is 0 Å². The van der Waals surface area contributed by atoms with Gasteiger partial charge in [-0.05, 0) is 10.9 Å². The lowest BCUT2D eigenvalue weighted by Gasteiger charge is -2.15. The summed E-state index contributed by atoms with van der Waals surface area (Å²) < 4.78 is 32.5. The van der Waals surface area contributed by atoms with Crippen LogP contribution in [0, 0.1) is 0 Å². The maximum atomic E-state index is 11.5. The monoisotopic (exact) mass is 266 g/mol. The highest BCUT2D eigenvalue weighted by Crippen LogP contribution is 2.29. The second-order valence-electron chi connectivity index (χ2n) is 4.02. The molecule has 0 fully saturated rings. The van der Waals surface area contributed by atoms with E-state index in [-0.39, 0.29) is 11.4 Å². The quantitative estimate of drug-likeness (QED) is 0.720. The van der Waals surface area contributed by atoms with E-state index in [4.69, 9.17) is 11.5 Å². The topological polar surface area (TPSA) is 106 Å². The zero-order valence-electron chi connectivity index (χ0n) is 9.58. The Balaban J connectivity index is 2.89. The van der Waals surface area contributed by atoms with Gasteiger partial charge in [-0.1, -0.05) is 36.4 Å². The van der Waals surface area contributed by atoms with E-state index in [0.29, 0.717) is 10.9 Å². The average Bonchev–Trinajstić information content (AvgIpc) is 2.35. The van der Waals surface area contributed by atoms with E-state index in [9.17, 15) is 13.0 Å². The van der Waals surface area contributed by atoms with Crippen molar-refractivity contribution in [1.29, 1.82) is 0 Å². The predicted octanol–water partition coefficient (Wildman–Crippen LogP) is 1.04. The Morgan fingerprint density at radius 1 is 1.17 bits per heavy atom. The summed E-state index contributed by atoms with van der Waals surface area (Å²) in [5, 5.41) is 1.17. The standard InChI is InChI=1S/C12H14N2O3S/c13-7-11(14)10-6-5-8-3-1-2-4-9(8)12(10)18(15,16)17/h1-6,11H,7,13-14H2,(H,15,16,17). The summed E-state index contributed by atoms with van der Waals surface area (Å²) in [5.74, 6) is 0. The first-order chi connectivity index (χ1) is 8.45. The number of nitrogens with two attached hydrogens (primary N) is 2. The van der Waals surface area contributed by atoms with Gasteiger partial charge in [0.05, 0.1) is 0 Å². The fraction of sp³-hybridized carbons (Fsp3) is 0.167. The van der Waals surface area contributed by atoms with E-state index in [0.717, 1.165) is 5.39 Å². The normalized spacial score (nSPS) is 13.7. The van der Waals surface area contributed by atoms with E-state index >= 15 is 0 Å². The fourth-order valence-corrected chi connectivity index (χ4v) is 2.95. The predicted molar refractivity (Wildman–Crippen MR) is 69.7 cm³/mol. The van der Waals surface area contributed by atoms with Crippen LogP contribution in [0.2, 0.25) is 0 Å². The SMILES string of the molecule is NCC(N)c1ccc2ccccc2c1S(=O)(=O)O. The molecular formula is C12H14N2O3S. The van der Waals surface area contributed by atoms with Crippen LogP contribution in [0.25, 0.3) is 10.8 Å². The van der Waals surface area contributed by atoms with Gasteiger partial charge in [-0.3, -0.25) is 4.55 Å². The molecule has 2 rings (SSSR count). The molecule has 0 aliphatic carbocycles. The molecule has 0 aliphatic heterocycles. The minimum Gasteiger partial charge on any atom is -0.329 e. The lowest BCUT2D eigenvalue weighted by Crippen LogP contribution is -2.23. The van der Waals surface area contributed by atoms with Crippen molar-refractivity contribution in [3.05, 3.63) is 42.0 Å². The second-order valence-corrected chi connectivity index (χ2v) is 5.38. The van der Waals surface area contributed by atoms with Crippen LogP contribution in [0.5, 0.6) is 0 Å². The molecule has 1 atom stereocenters. The molecule has 96 valence electrons. The van der Waals surface area contributed by atoms with Gasteiger partial charge in [0.2, 0.25) is 0 Å². The van der Waals surface area contributed by atoms with Gasteiger partial charge in [-0.15, -0.1) is 0 Å². The first kappa shape index (κ1) is 13.0. The third-order valence-electron chi connectivity index (χ3n) is 2.82. The maximum absolute atomic E-state index is 11.5. The molecule has 0 spiro atoms. The van der Waals surface area contributed by atoms with Crippen molar-refractivity contribution < 1.29 is 13.0 Å². The summed E-state index contributed by atoms with van der Waals surface area (Å²) >= 11 is 0. The van der Waals surface area contributed by atoms with Gasteiger partial charge in [0.15, 0.2) is 0 Å². The van der Waals surface area contributed by atoms with E-state index in [1.54, 1.807) is 36.4 Å². The zero-order valence-corrected chi connectivity index (χ0v) is 10.4.